The summed E-state index contributed by atoms with van der Waals surface area (Å²) in [6, 6.07) is 1.97. The minimum Gasteiger partial charge on any atom is -0.308 e. The maximum absolute atomic E-state index is 11.3. The van der Waals surface area contributed by atoms with E-state index in [1.54, 1.807) is 0 Å². The maximum Gasteiger partial charge on any atom is 0.154 e. The molecule has 8 heteroatoms. The third-order valence-corrected chi connectivity index (χ3v) is 4.32. The number of sulfone groups is 1. The fourth-order valence-electron chi connectivity index (χ4n) is 1.60. The highest BCUT2D eigenvalue weighted by atomic mass is 32.2. The Bertz CT molecular complexity index is 678. The molecule has 0 aliphatic heterocycles. The fourth-order valence-corrected chi connectivity index (χ4v) is 3.18. The lowest BCUT2D eigenvalue weighted by Crippen LogP contribution is -2.12. The number of anilines is 1. The van der Waals surface area contributed by atoms with E-state index in [1.807, 2.05) is 13.0 Å². The molecule has 0 unspecified atom stereocenters. The van der Waals surface area contributed by atoms with Crippen LogP contribution in [0.4, 0.5) is 5.82 Å². The summed E-state index contributed by atoms with van der Waals surface area (Å²) < 4.78 is 22.5. The lowest BCUT2D eigenvalue weighted by Gasteiger charge is -2.03. The molecule has 0 atom stereocenters. The van der Waals surface area contributed by atoms with Gasteiger partial charge < -0.3 is 5.43 Å². The molecule has 0 saturated heterocycles. The minimum atomic E-state index is -3.16. The van der Waals surface area contributed by atoms with Crippen molar-refractivity contribution in [2.24, 2.45) is 5.84 Å². The van der Waals surface area contributed by atoms with Gasteiger partial charge in [0, 0.05) is 11.1 Å². The molecular formula is C10H14N4O2S2. The summed E-state index contributed by atoms with van der Waals surface area (Å²) in [7, 11) is -3.16. The number of hydrogen-bond acceptors (Lipinski definition) is 7. The highest BCUT2D eigenvalue weighted by Crippen LogP contribution is 2.29. The Morgan fingerprint density at radius 3 is 2.72 bits per heavy atom. The number of hydrazine groups is 1. The van der Waals surface area contributed by atoms with Crippen molar-refractivity contribution in [3.8, 4) is 0 Å². The molecule has 0 aliphatic carbocycles. The van der Waals surface area contributed by atoms with Gasteiger partial charge in [-0.05, 0) is 12.5 Å². The predicted octanol–water partition coefficient (Wildman–Crippen LogP) is 1.08. The molecule has 0 aliphatic rings. The lowest BCUT2D eigenvalue weighted by atomic mass is 10.3. The average Bonchev–Trinajstić information content (AvgIpc) is 2.68. The molecule has 0 aromatic carbocycles. The molecule has 2 aromatic heterocycles. The first-order valence-corrected chi connectivity index (χ1v) is 8.24. The minimum absolute atomic E-state index is 0.184. The number of fused-ring (bicyclic) bond motifs is 1. The summed E-state index contributed by atoms with van der Waals surface area (Å²) in [5, 5.41) is 0.830. The number of nitrogens with zero attached hydrogens (tertiary/aromatic N) is 2. The van der Waals surface area contributed by atoms with Gasteiger partial charge in [-0.25, -0.2) is 24.2 Å². The second-order valence-corrected chi connectivity index (χ2v) is 7.24. The van der Waals surface area contributed by atoms with Crippen LogP contribution in [-0.2, 0) is 22.0 Å². The van der Waals surface area contributed by atoms with Crippen molar-refractivity contribution >= 4 is 37.2 Å². The SMILES string of the molecule is CCc1cc2c(NN)nc(CS(C)(=O)=O)nc2s1. The van der Waals surface area contributed by atoms with Crippen molar-refractivity contribution < 1.29 is 8.42 Å². The molecule has 0 fully saturated rings. The molecule has 2 heterocycles. The van der Waals surface area contributed by atoms with E-state index >= 15 is 0 Å². The van der Waals surface area contributed by atoms with Gasteiger partial charge >= 0.3 is 0 Å². The zero-order valence-electron chi connectivity index (χ0n) is 10.1. The van der Waals surface area contributed by atoms with E-state index in [0.29, 0.717) is 5.82 Å². The number of nitrogens with one attached hydrogen (secondary N) is 1. The van der Waals surface area contributed by atoms with Gasteiger partial charge in [-0.1, -0.05) is 6.92 Å². The summed E-state index contributed by atoms with van der Waals surface area (Å²) in [6.45, 7) is 2.05. The van der Waals surface area contributed by atoms with Gasteiger partial charge in [0.25, 0.3) is 0 Å². The Labute approximate surface area is 109 Å². The molecule has 3 N–H and O–H groups in total. The molecule has 18 heavy (non-hydrogen) atoms. The van der Waals surface area contributed by atoms with Crippen molar-refractivity contribution in [1.29, 1.82) is 0 Å². The second kappa shape index (κ2) is 4.79. The van der Waals surface area contributed by atoms with E-state index in [-0.39, 0.29) is 11.6 Å². The van der Waals surface area contributed by atoms with E-state index in [9.17, 15) is 8.42 Å². The number of nitrogen functional groups attached to an aromatic ring is 1. The Kier molecular flexibility index (Phi) is 3.51. The molecule has 0 spiro atoms. The summed E-state index contributed by atoms with van der Waals surface area (Å²) in [5.74, 6) is 5.96. The van der Waals surface area contributed by atoms with E-state index in [0.717, 1.165) is 27.8 Å². The zero-order chi connectivity index (χ0) is 13.3. The molecular weight excluding hydrogens is 272 g/mol. The number of rotatable bonds is 4. The lowest BCUT2D eigenvalue weighted by molar-refractivity contribution is 0.600. The monoisotopic (exact) mass is 286 g/mol. The van der Waals surface area contributed by atoms with Crippen molar-refractivity contribution in [2.45, 2.75) is 19.1 Å². The largest absolute Gasteiger partial charge is 0.308 e. The Balaban J connectivity index is 2.58. The van der Waals surface area contributed by atoms with Crippen LogP contribution in [0.25, 0.3) is 10.2 Å². The summed E-state index contributed by atoms with van der Waals surface area (Å²) in [6.07, 6.45) is 2.05. The highest BCUT2D eigenvalue weighted by molar-refractivity contribution is 7.89. The molecule has 0 amide bonds. The fraction of sp³-hybridized carbons (Fsp3) is 0.400. The number of hydrogen-bond donors (Lipinski definition) is 2. The van der Waals surface area contributed by atoms with E-state index in [4.69, 9.17) is 5.84 Å². The zero-order valence-corrected chi connectivity index (χ0v) is 11.7. The molecule has 2 rings (SSSR count). The molecule has 0 radical (unpaired) electrons. The Morgan fingerprint density at radius 2 is 2.17 bits per heavy atom. The summed E-state index contributed by atoms with van der Waals surface area (Å²) >= 11 is 1.53. The van der Waals surface area contributed by atoms with Gasteiger partial charge in [0.2, 0.25) is 0 Å². The van der Waals surface area contributed by atoms with Crippen LogP contribution in [-0.4, -0.2) is 24.6 Å². The van der Waals surface area contributed by atoms with E-state index < -0.39 is 9.84 Å². The first kappa shape index (κ1) is 13.2. The Morgan fingerprint density at radius 1 is 1.44 bits per heavy atom. The standard InChI is InChI=1S/C10H14N4O2S2/c1-3-6-4-7-9(14-11)12-8(5-18(2,15)16)13-10(7)17-6/h4H,3,5,11H2,1-2H3,(H,12,13,14). The van der Waals surface area contributed by atoms with Crippen LogP contribution >= 0.6 is 11.3 Å². The van der Waals surface area contributed by atoms with E-state index in [2.05, 4.69) is 15.4 Å². The predicted molar refractivity (Wildman–Crippen MR) is 73.2 cm³/mol. The topological polar surface area (TPSA) is 98.0 Å². The first-order valence-electron chi connectivity index (χ1n) is 5.36. The van der Waals surface area contributed by atoms with Gasteiger partial charge in [-0.3, -0.25) is 0 Å². The van der Waals surface area contributed by atoms with Gasteiger partial charge in [-0.15, -0.1) is 11.3 Å². The van der Waals surface area contributed by atoms with Crippen LogP contribution in [0.3, 0.4) is 0 Å². The van der Waals surface area contributed by atoms with Crippen molar-refractivity contribution in [2.75, 3.05) is 11.7 Å². The van der Waals surface area contributed by atoms with Crippen LogP contribution in [0.5, 0.6) is 0 Å². The van der Waals surface area contributed by atoms with Crippen molar-refractivity contribution in [3.63, 3.8) is 0 Å². The smallest absolute Gasteiger partial charge is 0.154 e. The number of nitrogens with two attached hydrogens (primary N) is 1. The normalized spacial score (nSPS) is 11.9. The van der Waals surface area contributed by atoms with E-state index in [1.165, 1.54) is 11.3 Å². The van der Waals surface area contributed by atoms with Crippen LogP contribution in [0.1, 0.15) is 17.6 Å². The molecule has 0 bridgehead atoms. The highest BCUT2D eigenvalue weighted by Gasteiger charge is 2.13. The Hall–Kier alpha value is -1.25. The van der Waals surface area contributed by atoms with Gasteiger partial charge in [0.1, 0.15) is 16.4 Å². The third kappa shape index (κ3) is 2.77. The molecule has 0 saturated carbocycles. The van der Waals surface area contributed by atoms with Crippen molar-refractivity contribution in [1.82, 2.24) is 9.97 Å². The first-order chi connectivity index (χ1) is 8.43. The molecule has 2 aromatic rings. The molecule has 98 valence electrons. The number of aromatic nitrogens is 2. The summed E-state index contributed by atoms with van der Waals surface area (Å²) in [5.41, 5.74) is 2.49. The van der Waals surface area contributed by atoms with Gasteiger partial charge in [-0.2, -0.15) is 0 Å². The van der Waals surface area contributed by atoms with Gasteiger partial charge in [0.05, 0.1) is 5.39 Å². The number of thiophene rings is 1. The van der Waals surface area contributed by atoms with Crippen LogP contribution in [0.2, 0.25) is 0 Å². The molecule has 6 nitrogen and oxygen atoms in total. The average molecular weight is 286 g/mol. The quantitative estimate of drug-likeness (QED) is 0.645. The van der Waals surface area contributed by atoms with Crippen LogP contribution in [0.15, 0.2) is 6.07 Å². The van der Waals surface area contributed by atoms with Gasteiger partial charge in [0.15, 0.2) is 15.7 Å². The third-order valence-electron chi connectivity index (χ3n) is 2.37. The van der Waals surface area contributed by atoms with Crippen LogP contribution in [0, 0.1) is 0 Å². The maximum atomic E-state index is 11.3. The summed E-state index contributed by atoms with van der Waals surface area (Å²) in [4.78, 5) is 10.3. The second-order valence-electron chi connectivity index (χ2n) is 3.99. The number of aryl methyl sites for hydroxylation is 1. The van der Waals surface area contributed by atoms with Crippen LogP contribution < -0.4 is 11.3 Å². The van der Waals surface area contributed by atoms with Crippen molar-refractivity contribution in [3.05, 3.63) is 16.8 Å².